The van der Waals surface area contributed by atoms with Gasteiger partial charge >= 0.3 is 0 Å². The van der Waals surface area contributed by atoms with Crippen LogP contribution in [0.3, 0.4) is 0 Å². The third kappa shape index (κ3) is 2.90. The summed E-state index contributed by atoms with van der Waals surface area (Å²) in [5.41, 5.74) is 0.635. The molecule has 0 saturated heterocycles. The zero-order valence-electron chi connectivity index (χ0n) is 7.01. The minimum absolute atomic E-state index is 0.0318. The van der Waals surface area contributed by atoms with Gasteiger partial charge in [-0.1, -0.05) is 31.9 Å². The molecule has 0 radical (unpaired) electrons. The molecule has 0 aliphatic rings. The van der Waals surface area contributed by atoms with Gasteiger partial charge in [-0.3, -0.25) is 4.79 Å². The summed E-state index contributed by atoms with van der Waals surface area (Å²) in [6, 6.07) is 5.46. The van der Waals surface area contributed by atoms with E-state index in [1.165, 1.54) is 7.11 Å². The second-order valence-electron chi connectivity index (χ2n) is 2.48. The molecule has 0 aliphatic heterocycles. The van der Waals surface area contributed by atoms with Gasteiger partial charge in [-0.15, -0.1) is 0 Å². The predicted octanol–water partition coefficient (Wildman–Crippen LogP) is 3.04. The van der Waals surface area contributed by atoms with Crippen LogP contribution in [0.4, 0.5) is 0 Å². The van der Waals surface area contributed by atoms with E-state index in [1.807, 2.05) is 12.1 Å². The monoisotopic (exact) mass is 306 g/mol. The van der Waals surface area contributed by atoms with Crippen molar-refractivity contribution in [1.29, 1.82) is 0 Å². The van der Waals surface area contributed by atoms with Gasteiger partial charge in [0, 0.05) is 21.6 Å². The van der Waals surface area contributed by atoms with Crippen LogP contribution in [-0.2, 0) is 4.74 Å². The predicted molar refractivity (Wildman–Crippen MR) is 58.0 cm³/mol. The molecule has 0 atom stereocenters. The molecule has 2 nitrogen and oxygen atoms in total. The molecule has 0 bridgehead atoms. The number of carbonyl (C=O) groups excluding carboxylic acids is 1. The number of methoxy groups -OCH3 is 1. The molecule has 0 fully saturated rings. The molecule has 70 valence electrons. The number of benzene rings is 1. The van der Waals surface area contributed by atoms with Crippen LogP contribution in [0.25, 0.3) is 0 Å². The number of ketones is 1. The Kier molecular flexibility index (Phi) is 4.09. The highest BCUT2D eigenvalue weighted by molar-refractivity contribution is 9.11. The second-order valence-corrected chi connectivity index (χ2v) is 4.25. The summed E-state index contributed by atoms with van der Waals surface area (Å²) >= 11 is 6.61. The van der Waals surface area contributed by atoms with Crippen molar-refractivity contribution >= 4 is 37.6 Å². The Morgan fingerprint density at radius 2 is 2.15 bits per heavy atom. The van der Waals surface area contributed by atoms with Crippen molar-refractivity contribution < 1.29 is 9.53 Å². The fraction of sp³-hybridized carbons (Fsp3) is 0.222. The number of Topliss-reactive ketones (excluding diaryl/α,β-unsaturated/α-hetero) is 1. The quantitative estimate of drug-likeness (QED) is 0.802. The Bertz CT molecular complexity index is 323. The number of halogens is 2. The SMILES string of the molecule is COCC(=O)c1cc(Br)ccc1Br. The van der Waals surface area contributed by atoms with Gasteiger partial charge in [0.05, 0.1) is 0 Å². The zero-order valence-corrected chi connectivity index (χ0v) is 10.2. The molecule has 13 heavy (non-hydrogen) atoms. The lowest BCUT2D eigenvalue weighted by Crippen LogP contribution is -2.07. The number of rotatable bonds is 3. The normalized spacial score (nSPS) is 10.1. The Balaban J connectivity index is 2.99. The van der Waals surface area contributed by atoms with Crippen LogP contribution in [0.5, 0.6) is 0 Å². The van der Waals surface area contributed by atoms with Gasteiger partial charge in [-0.2, -0.15) is 0 Å². The van der Waals surface area contributed by atoms with Crippen molar-refractivity contribution in [3.05, 3.63) is 32.7 Å². The van der Waals surface area contributed by atoms with Crippen molar-refractivity contribution in [1.82, 2.24) is 0 Å². The van der Waals surface area contributed by atoms with E-state index in [1.54, 1.807) is 6.07 Å². The summed E-state index contributed by atoms with van der Waals surface area (Å²) in [5, 5.41) is 0. The van der Waals surface area contributed by atoms with E-state index >= 15 is 0 Å². The molecule has 1 aromatic rings. The zero-order chi connectivity index (χ0) is 9.84. The van der Waals surface area contributed by atoms with E-state index in [-0.39, 0.29) is 12.4 Å². The maximum atomic E-state index is 11.4. The van der Waals surface area contributed by atoms with Crippen LogP contribution < -0.4 is 0 Å². The van der Waals surface area contributed by atoms with E-state index in [4.69, 9.17) is 4.74 Å². The van der Waals surface area contributed by atoms with Gasteiger partial charge in [0.25, 0.3) is 0 Å². The molecule has 0 spiro atoms. The minimum Gasteiger partial charge on any atom is -0.377 e. The molecule has 1 rings (SSSR count). The molecule has 0 unspecified atom stereocenters. The van der Waals surface area contributed by atoms with Crippen LogP contribution in [0.2, 0.25) is 0 Å². The Hall–Kier alpha value is -0.190. The van der Waals surface area contributed by atoms with Gasteiger partial charge in [-0.25, -0.2) is 0 Å². The van der Waals surface area contributed by atoms with Gasteiger partial charge in [0.1, 0.15) is 6.61 Å². The van der Waals surface area contributed by atoms with Crippen LogP contribution in [0.1, 0.15) is 10.4 Å². The molecular formula is C9H8Br2O2. The molecular weight excluding hydrogens is 300 g/mol. The largest absolute Gasteiger partial charge is 0.377 e. The Morgan fingerprint density at radius 1 is 1.46 bits per heavy atom. The Labute approximate surface area is 93.5 Å². The van der Waals surface area contributed by atoms with E-state index in [0.717, 1.165) is 8.95 Å². The first kappa shape index (κ1) is 10.9. The third-order valence-electron chi connectivity index (χ3n) is 1.50. The summed E-state index contributed by atoms with van der Waals surface area (Å²) in [6.07, 6.45) is 0. The van der Waals surface area contributed by atoms with Crippen LogP contribution in [0, 0.1) is 0 Å². The maximum absolute atomic E-state index is 11.4. The van der Waals surface area contributed by atoms with Gasteiger partial charge < -0.3 is 4.74 Å². The summed E-state index contributed by atoms with van der Waals surface area (Å²) < 4.78 is 6.44. The van der Waals surface area contributed by atoms with Crippen molar-refractivity contribution in [2.24, 2.45) is 0 Å². The molecule has 4 heteroatoms. The fourth-order valence-corrected chi connectivity index (χ4v) is 1.75. The first-order valence-corrected chi connectivity index (χ1v) is 5.21. The van der Waals surface area contributed by atoms with E-state index in [0.29, 0.717) is 5.56 Å². The first-order valence-electron chi connectivity index (χ1n) is 3.62. The average molecular weight is 308 g/mol. The minimum atomic E-state index is -0.0318. The highest BCUT2D eigenvalue weighted by Crippen LogP contribution is 2.21. The lowest BCUT2D eigenvalue weighted by atomic mass is 10.1. The standard InChI is InChI=1S/C9H8Br2O2/c1-13-5-9(12)7-4-6(10)2-3-8(7)11/h2-4H,5H2,1H3. The fourth-order valence-electron chi connectivity index (χ4n) is 0.920. The summed E-state index contributed by atoms with van der Waals surface area (Å²) in [4.78, 5) is 11.4. The van der Waals surface area contributed by atoms with Crippen LogP contribution >= 0.6 is 31.9 Å². The van der Waals surface area contributed by atoms with Gasteiger partial charge in [-0.05, 0) is 18.2 Å². The van der Waals surface area contributed by atoms with Crippen molar-refractivity contribution in [3.8, 4) is 0 Å². The topological polar surface area (TPSA) is 26.3 Å². The highest BCUT2D eigenvalue weighted by atomic mass is 79.9. The lowest BCUT2D eigenvalue weighted by molar-refractivity contribution is 0.0847. The van der Waals surface area contributed by atoms with E-state index in [2.05, 4.69) is 31.9 Å². The molecule has 0 heterocycles. The van der Waals surface area contributed by atoms with Crippen molar-refractivity contribution in [3.63, 3.8) is 0 Å². The molecule has 0 saturated carbocycles. The van der Waals surface area contributed by atoms with Gasteiger partial charge in [0.15, 0.2) is 5.78 Å². The molecule has 1 aromatic carbocycles. The number of ether oxygens (including phenoxy) is 1. The molecule has 0 aliphatic carbocycles. The van der Waals surface area contributed by atoms with Crippen LogP contribution in [0.15, 0.2) is 27.1 Å². The van der Waals surface area contributed by atoms with E-state index < -0.39 is 0 Å². The number of hydrogen-bond donors (Lipinski definition) is 0. The summed E-state index contributed by atoms with van der Waals surface area (Å²) in [7, 11) is 1.50. The molecule has 0 N–H and O–H groups in total. The smallest absolute Gasteiger partial charge is 0.189 e. The van der Waals surface area contributed by atoms with Crippen molar-refractivity contribution in [2.45, 2.75) is 0 Å². The third-order valence-corrected chi connectivity index (χ3v) is 2.69. The van der Waals surface area contributed by atoms with E-state index in [9.17, 15) is 4.79 Å². The number of hydrogen-bond acceptors (Lipinski definition) is 2. The van der Waals surface area contributed by atoms with Gasteiger partial charge in [0.2, 0.25) is 0 Å². The van der Waals surface area contributed by atoms with Crippen LogP contribution in [-0.4, -0.2) is 19.5 Å². The van der Waals surface area contributed by atoms with Crippen molar-refractivity contribution in [2.75, 3.05) is 13.7 Å². The Morgan fingerprint density at radius 3 is 2.77 bits per heavy atom. The molecule has 0 amide bonds. The highest BCUT2D eigenvalue weighted by Gasteiger charge is 2.09. The summed E-state index contributed by atoms with van der Waals surface area (Å²) in [6.45, 7) is 0.106. The second kappa shape index (κ2) is 4.88. The molecule has 0 aromatic heterocycles. The first-order chi connectivity index (χ1) is 6.15. The lowest BCUT2D eigenvalue weighted by Gasteiger charge is -2.02. The number of carbonyl (C=O) groups is 1. The average Bonchev–Trinajstić information content (AvgIpc) is 2.09. The summed E-state index contributed by atoms with van der Waals surface area (Å²) in [5.74, 6) is -0.0318. The maximum Gasteiger partial charge on any atom is 0.189 e.